The van der Waals surface area contributed by atoms with Gasteiger partial charge in [0, 0.05) is 0 Å². The summed E-state index contributed by atoms with van der Waals surface area (Å²) in [6, 6.07) is 1.59. The van der Waals surface area contributed by atoms with Crippen molar-refractivity contribution in [3.63, 3.8) is 0 Å². The van der Waals surface area contributed by atoms with Gasteiger partial charge in [-0.15, -0.1) is 6.58 Å². The van der Waals surface area contributed by atoms with Crippen LogP contribution in [0.3, 0.4) is 0 Å². The zero-order chi connectivity index (χ0) is 11.4. The fraction of sp³-hybridized carbons (Fsp3) is 0.200. The van der Waals surface area contributed by atoms with E-state index >= 15 is 0 Å². The zero-order valence-electron chi connectivity index (χ0n) is 7.77. The molecule has 0 aliphatic heterocycles. The smallest absolute Gasteiger partial charge is 0.247 e. The molecule has 0 aliphatic carbocycles. The Balaban J connectivity index is 3.20. The highest BCUT2D eigenvalue weighted by Gasteiger charge is 2.21. The van der Waals surface area contributed by atoms with Gasteiger partial charge in [-0.3, -0.25) is 0 Å². The molecule has 0 saturated heterocycles. The molecule has 0 spiro atoms. The first-order valence-electron chi connectivity index (χ1n) is 4.18. The van der Waals surface area contributed by atoms with Crippen LogP contribution in [0.2, 0.25) is 0 Å². The maximum Gasteiger partial charge on any atom is 0.247 e. The van der Waals surface area contributed by atoms with Crippen LogP contribution in [0.5, 0.6) is 0 Å². The van der Waals surface area contributed by atoms with Gasteiger partial charge >= 0.3 is 0 Å². The SMILES string of the molecule is C=CCC(O[Si])c1c(F)ccc(F)c1F. The minimum absolute atomic E-state index is 0.167. The third kappa shape index (κ3) is 2.48. The van der Waals surface area contributed by atoms with Gasteiger partial charge in [0.1, 0.15) is 5.82 Å². The maximum atomic E-state index is 13.3. The molecule has 0 bridgehead atoms. The highest BCUT2D eigenvalue weighted by Crippen LogP contribution is 2.27. The van der Waals surface area contributed by atoms with Crippen LogP contribution in [0.1, 0.15) is 18.1 Å². The number of hydrogen-bond acceptors (Lipinski definition) is 1. The van der Waals surface area contributed by atoms with Gasteiger partial charge in [0.05, 0.1) is 11.7 Å². The van der Waals surface area contributed by atoms with Gasteiger partial charge in [-0.2, -0.15) is 0 Å². The third-order valence-corrected chi connectivity index (χ3v) is 2.21. The summed E-state index contributed by atoms with van der Waals surface area (Å²) in [5, 5.41) is 0. The van der Waals surface area contributed by atoms with Crippen LogP contribution in [-0.2, 0) is 4.43 Å². The van der Waals surface area contributed by atoms with Crippen molar-refractivity contribution in [1.82, 2.24) is 0 Å². The first kappa shape index (κ1) is 12.0. The molecular weight excluding hydrogens is 221 g/mol. The second-order valence-electron chi connectivity index (χ2n) is 2.89. The summed E-state index contributed by atoms with van der Waals surface area (Å²) in [6.07, 6.45) is 0.657. The first-order valence-corrected chi connectivity index (χ1v) is 4.59. The summed E-state index contributed by atoms with van der Waals surface area (Å²) >= 11 is 0. The Bertz CT molecular complexity index is 368. The molecular formula is C10H8F3OSi. The van der Waals surface area contributed by atoms with E-state index in [0.717, 1.165) is 12.1 Å². The Morgan fingerprint density at radius 3 is 2.47 bits per heavy atom. The molecule has 0 amide bonds. The van der Waals surface area contributed by atoms with Crippen LogP contribution in [0.25, 0.3) is 0 Å². The van der Waals surface area contributed by atoms with Gasteiger partial charge in [0.2, 0.25) is 10.5 Å². The van der Waals surface area contributed by atoms with Crippen LogP contribution < -0.4 is 0 Å². The van der Waals surface area contributed by atoms with Crippen LogP contribution >= 0.6 is 0 Å². The van der Waals surface area contributed by atoms with Gasteiger partial charge in [0.25, 0.3) is 0 Å². The summed E-state index contributed by atoms with van der Waals surface area (Å²) in [7, 11) is 2.69. The minimum atomic E-state index is -1.24. The van der Waals surface area contributed by atoms with E-state index in [9.17, 15) is 13.2 Å². The molecule has 0 aliphatic rings. The molecule has 1 aromatic rings. The van der Waals surface area contributed by atoms with Crippen molar-refractivity contribution in [1.29, 1.82) is 0 Å². The molecule has 5 heteroatoms. The highest BCUT2D eigenvalue weighted by atomic mass is 28.2. The fourth-order valence-corrected chi connectivity index (χ4v) is 1.43. The first-order chi connectivity index (χ1) is 7.11. The number of hydrogen-bond donors (Lipinski definition) is 0. The van der Waals surface area contributed by atoms with Crippen LogP contribution in [0, 0.1) is 17.5 Å². The molecule has 1 nitrogen and oxygen atoms in total. The zero-order valence-corrected chi connectivity index (χ0v) is 8.77. The van der Waals surface area contributed by atoms with Crippen molar-refractivity contribution in [3.05, 3.63) is 47.8 Å². The van der Waals surface area contributed by atoms with E-state index in [1.807, 2.05) is 0 Å². The van der Waals surface area contributed by atoms with Crippen molar-refractivity contribution in [2.45, 2.75) is 12.5 Å². The number of benzene rings is 1. The molecule has 0 N–H and O–H groups in total. The molecule has 1 rings (SSSR count). The largest absolute Gasteiger partial charge is 0.411 e. The second-order valence-corrected chi connectivity index (χ2v) is 3.12. The average molecular weight is 229 g/mol. The quantitative estimate of drug-likeness (QED) is 0.438. The maximum absolute atomic E-state index is 13.3. The summed E-state index contributed by atoms with van der Waals surface area (Å²) in [6.45, 7) is 3.42. The predicted octanol–water partition coefficient (Wildman–Crippen LogP) is 2.82. The van der Waals surface area contributed by atoms with Crippen molar-refractivity contribution in [2.24, 2.45) is 0 Å². The molecule has 1 unspecified atom stereocenters. The molecule has 0 saturated carbocycles. The predicted molar refractivity (Wildman–Crippen MR) is 50.7 cm³/mol. The summed E-state index contributed by atoms with van der Waals surface area (Å²) in [5.41, 5.74) is -0.440. The Morgan fingerprint density at radius 1 is 1.33 bits per heavy atom. The summed E-state index contributed by atoms with van der Waals surface area (Å²) < 4.78 is 44.1. The van der Waals surface area contributed by atoms with Crippen LogP contribution in [-0.4, -0.2) is 10.5 Å². The number of rotatable bonds is 4. The molecule has 0 fully saturated rings. The lowest BCUT2D eigenvalue weighted by molar-refractivity contribution is 0.216. The average Bonchev–Trinajstić information content (AvgIpc) is 2.22. The van der Waals surface area contributed by atoms with Crippen LogP contribution in [0.4, 0.5) is 13.2 Å². The molecule has 15 heavy (non-hydrogen) atoms. The lowest BCUT2D eigenvalue weighted by Crippen LogP contribution is -2.08. The van der Waals surface area contributed by atoms with Gasteiger partial charge < -0.3 is 4.43 Å². The molecule has 79 valence electrons. The monoisotopic (exact) mass is 229 g/mol. The van der Waals surface area contributed by atoms with E-state index in [-0.39, 0.29) is 6.42 Å². The molecule has 0 heterocycles. The second kappa shape index (κ2) is 5.13. The Labute approximate surface area is 89.1 Å². The van der Waals surface area contributed by atoms with E-state index in [1.54, 1.807) is 0 Å². The standard InChI is InChI=1S/C10H8F3OSi/c1-2-3-8(14-15)9-6(11)4-5-7(12)10(9)13/h2,4-5,8H,1,3H2. The lowest BCUT2D eigenvalue weighted by atomic mass is 10.1. The van der Waals surface area contributed by atoms with Gasteiger partial charge in [0.15, 0.2) is 11.6 Å². The van der Waals surface area contributed by atoms with Gasteiger partial charge in [-0.1, -0.05) is 6.08 Å². The molecule has 0 aromatic heterocycles. The third-order valence-electron chi connectivity index (χ3n) is 1.92. The van der Waals surface area contributed by atoms with E-state index in [1.165, 1.54) is 6.08 Å². The summed E-state index contributed by atoms with van der Waals surface area (Å²) in [4.78, 5) is 0. The highest BCUT2D eigenvalue weighted by molar-refractivity contribution is 5.98. The Morgan fingerprint density at radius 2 is 1.93 bits per heavy atom. The van der Waals surface area contributed by atoms with E-state index in [4.69, 9.17) is 0 Å². The van der Waals surface area contributed by atoms with E-state index < -0.39 is 29.1 Å². The molecule has 1 atom stereocenters. The van der Waals surface area contributed by atoms with Crippen molar-refractivity contribution in [3.8, 4) is 0 Å². The minimum Gasteiger partial charge on any atom is -0.411 e. The normalized spacial score (nSPS) is 12.5. The lowest BCUT2D eigenvalue weighted by Gasteiger charge is -2.15. The van der Waals surface area contributed by atoms with Crippen LogP contribution in [0.15, 0.2) is 24.8 Å². The number of halogens is 3. The van der Waals surface area contributed by atoms with Crippen molar-refractivity contribution < 1.29 is 17.6 Å². The van der Waals surface area contributed by atoms with Gasteiger partial charge in [-0.25, -0.2) is 13.2 Å². The van der Waals surface area contributed by atoms with Gasteiger partial charge in [-0.05, 0) is 18.6 Å². The van der Waals surface area contributed by atoms with E-state index in [2.05, 4.69) is 21.5 Å². The topological polar surface area (TPSA) is 9.23 Å². The summed E-state index contributed by atoms with van der Waals surface area (Å²) in [5.74, 6) is -3.19. The Kier molecular flexibility index (Phi) is 4.11. The molecule has 1 aromatic carbocycles. The fourth-order valence-electron chi connectivity index (χ4n) is 1.21. The van der Waals surface area contributed by atoms with Crippen molar-refractivity contribution >= 4 is 10.5 Å². The Hall–Kier alpha value is -1.07. The molecule has 3 radical (unpaired) electrons. The van der Waals surface area contributed by atoms with E-state index in [0.29, 0.717) is 0 Å². The van der Waals surface area contributed by atoms with Crippen molar-refractivity contribution in [2.75, 3.05) is 0 Å².